The van der Waals surface area contributed by atoms with E-state index in [2.05, 4.69) is 20.9 Å². The van der Waals surface area contributed by atoms with Gasteiger partial charge >= 0.3 is 11.9 Å². The molecule has 0 aromatic carbocycles. The summed E-state index contributed by atoms with van der Waals surface area (Å²) in [6.07, 6.45) is 1.31. The summed E-state index contributed by atoms with van der Waals surface area (Å²) in [5.74, 6) is -2.92. The van der Waals surface area contributed by atoms with E-state index in [0.717, 1.165) is 0 Å². The van der Waals surface area contributed by atoms with Gasteiger partial charge in [-0.05, 0) is 42.8 Å². The smallest absolute Gasteiger partial charge is 0.326 e. The summed E-state index contributed by atoms with van der Waals surface area (Å²) < 4.78 is 10.2. The molecule has 1 aromatic rings. The lowest BCUT2D eigenvalue weighted by Crippen LogP contribution is -2.27. The molecule has 6 nitrogen and oxygen atoms in total. The molecular weight excluding hydrogens is 342 g/mol. The molecule has 0 aliphatic carbocycles. The van der Waals surface area contributed by atoms with Crippen LogP contribution in [0.5, 0.6) is 0 Å². The molecule has 0 bridgehead atoms. The van der Waals surface area contributed by atoms with E-state index in [0.29, 0.717) is 10.0 Å². The molecule has 0 aliphatic heterocycles. The highest BCUT2D eigenvalue weighted by atomic mass is 79.9. The largest absolute Gasteiger partial charge is 0.465 e. The molecule has 1 aromatic heterocycles. The summed E-state index contributed by atoms with van der Waals surface area (Å²) in [4.78, 5) is 39.3. The molecule has 0 amide bonds. The summed E-state index contributed by atoms with van der Waals surface area (Å²) in [7, 11) is 0. The minimum Gasteiger partial charge on any atom is -0.465 e. The van der Waals surface area contributed by atoms with Gasteiger partial charge in [-0.1, -0.05) is 0 Å². The van der Waals surface area contributed by atoms with E-state index in [1.165, 1.54) is 19.2 Å². The number of esters is 2. The molecule has 1 rings (SSSR count). The van der Waals surface area contributed by atoms with Crippen molar-refractivity contribution >= 4 is 33.7 Å². The number of pyridine rings is 1. The Kier molecular flexibility index (Phi) is 6.48. The number of hydrogen-bond donors (Lipinski definition) is 0. The Bertz CT molecular complexity index is 540. The van der Waals surface area contributed by atoms with Gasteiger partial charge in [0.2, 0.25) is 0 Å². The van der Waals surface area contributed by atoms with Gasteiger partial charge in [-0.2, -0.15) is 0 Å². The number of hydrogen-bond acceptors (Lipinski definition) is 6. The van der Waals surface area contributed by atoms with Gasteiger partial charge in [0, 0.05) is 16.2 Å². The Morgan fingerprint density at radius 2 is 1.71 bits per heavy atom. The molecule has 0 N–H and O–H groups in total. The van der Waals surface area contributed by atoms with Crippen LogP contribution < -0.4 is 0 Å². The fraction of sp³-hybridized carbons (Fsp3) is 0.429. The Balaban J connectivity index is 3.22. The van der Waals surface area contributed by atoms with Crippen molar-refractivity contribution in [2.24, 2.45) is 0 Å². The van der Waals surface area contributed by atoms with Crippen LogP contribution in [0.4, 0.5) is 0 Å². The SMILES string of the molecule is CCOC(=O)C(C(=O)OCC)c1ncc(C(C)=O)cc1Br. The summed E-state index contributed by atoms with van der Waals surface area (Å²) >= 11 is 3.22. The topological polar surface area (TPSA) is 82.6 Å². The van der Waals surface area contributed by atoms with Gasteiger partial charge in [0.25, 0.3) is 0 Å². The van der Waals surface area contributed by atoms with Crippen LogP contribution in [0.1, 0.15) is 42.7 Å². The number of rotatable bonds is 6. The van der Waals surface area contributed by atoms with Crippen molar-refractivity contribution in [1.29, 1.82) is 0 Å². The van der Waals surface area contributed by atoms with Gasteiger partial charge in [-0.3, -0.25) is 19.4 Å². The summed E-state index contributed by atoms with van der Waals surface area (Å²) in [5.41, 5.74) is 0.536. The van der Waals surface area contributed by atoms with Gasteiger partial charge in [-0.15, -0.1) is 0 Å². The van der Waals surface area contributed by atoms with Crippen LogP contribution in [0.15, 0.2) is 16.7 Å². The molecule has 21 heavy (non-hydrogen) atoms. The standard InChI is InChI=1S/C14H16BrNO5/c1-4-20-13(18)11(14(19)21-5-2)12-10(15)6-9(7-16-12)8(3)17/h6-7,11H,4-5H2,1-3H3. The average molecular weight is 358 g/mol. The highest BCUT2D eigenvalue weighted by Gasteiger charge is 2.34. The van der Waals surface area contributed by atoms with Gasteiger partial charge in [0.15, 0.2) is 11.7 Å². The van der Waals surface area contributed by atoms with Crippen molar-refractivity contribution in [2.45, 2.75) is 26.7 Å². The fourth-order valence-corrected chi connectivity index (χ4v) is 2.20. The van der Waals surface area contributed by atoms with Crippen LogP contribution in [-0.2, 0) is 19.1 Å². The fourth-order valence-electron chi connectivity index (χ4n) is 1.62. The lowest BCUT2D eigenvalue weighted by Gasteiger charge is -2.15. The number of aromatic nitrogens is 1. The van der Waals surface area contributed by atoms with Gasteiger partial charge in [0.1, 0.15) is 0 Å². The summed E-state index contributed by atoms with van der Waals surface area (Å²) in [5, 5.41) is 0. The van der Waals surface area contributed by atoms with Crippen LogP contribution in [0.3, 0.4) is 0 Å². The van der Waals surface area contributed by atoms with Crippen molar-refractivity contribution < 1.29 is 23.9 Å². The lowest BCUT2D eigenvalue weighted by atomic mass is 10.0. The molecule has 7 heteroatoms. The number of carbonyl (C=O) groups excluding carboxylic acids is 3. The number of carbonyl (C=O) groups is 3. The maximum absolute atomic E-state index is 12.0. The highest BCUT2D eigenvalue weighted by molar-refractivity contribution is 9.10. The van der Waals surface area contributed by atoms with Crippen molar-refractivity contribution in [2.75, 3.05) is 13.2 Å². The normalized spacial score (nSPS) is 10.3. The molecule has 0 aliphatic rings. The number of ketones is 1. The first-order valence-electron chi connectivity index (χ1n) is 6.42. The Labute approximate surface area is 131 Å². The Hall–Kier alpha value is -1.76. The molecule has 0 fully saturated rings. The quantitative estimate of drug-likeness (QED) is 0.441. The van der Waals surface area contributed by atoms with Gasteiger partial charge in [-0.25, -0.2) is 0 Å². The molecule has 114 valence electrons. The van der Waals surface area contributed by atoms with Gasteiger partial charge in [0.05, 0.1) is 18.9 Å². The summed E-state index contributed by atoms with van der Waals surface area (Å²) in [6, 6.07) is 1.51. The zero-order chi connectivity index (χ0) is 16.0. The van der Waals surface area contributed by atoms with Crippen LogP contribution in [0, 0.1) is 0 Å². The minimum absolute atomic E-state index is 0.137. The van der Waals surface area contributed by atoms with E-state index < -0.39 is 17.9 Å². The molecule has 1 heterocycles. The van der Waals surface area contributed by atoms with E-state index in [1.54, 1.807) is 13.8 Å². The molecular formula is C14H16BrNO5. The number of ether oxygens (including phenoxy) is 2. The van der Waals surface area contributed by atoms with E-state index >= 15 is 0 Å². The van der Waals surface area contributed by atoms with E-state index in [-0.39, 0.29) is 24.7 Å². The zero-order valence-electron chi connectivity index (χ0n) is 12.0. The third-order valence-corrected chi connectivity index (χ3v) is 3.23. The van der Waals surface area contributed by atoms with E-state index in [4.69, 9.17) is 9.47 Å². The van der Waals surface area contributed by atoms with Gasteiger partial charge < -0.3 is 9.47 Å². The molecule has 0 saturated heterocycles. The average Bonchev–Trinajstić information content (AvgIpc) is 2.41. The predicted molar refractivity (Wildman–Crippen MR) is 77.9 cm³/mol. The second-order valence-corrected chi connectivity index (χ2v) is 4.94. The Morgan fingerprint density at radius 3 is 2.10 bits per heavy atom. The first kappa shape index (κ1) is 17.3. The first-order chi connectivity index (χ1) is 9.92. The highest BCUT2D eigenvalue weighted by Crippen LogP contribution is 2.26. The minimum atomic E-state index is -1.28. The van der Waals surface area contributed by atoms with E-state index in [1.807, 2.05) is 0 Å². The van der Waals surface area contributed by atoms with E-state index in [9.17, 15) is 14.4 Å². The van der Waals surface area contributed by atoms with Crippen molar-refractivity contribution in [3.8, 4) is 0 Å². The van der Waals surface area contributed by atoms with Crippen molar-refractivity contribution in [3.63, 3.8) is 0 Å². The number of Topliss-reactive ketones (excluding diaryl/α,β-unsaturated/α-hetero) is 1. The molecule has 0 saturated carbocycles. The second kappa shape index (κ2) is 7.87. The van der Waals surface area contributed by atoms with Crippen LogP contribution in [0.25, 0.3) is 0 Å². The molecule has 0 unspecified atom stereocenters. The maximum Gasteiger partial charge on any atom is 0.326 e. The predicted octanol–water partition coefficient (Wildman–Crippen LogP) is 2.26. The monoisotopic (exact) mass is 357 g/mol. The Morgan fingerprint density at radius 1 is 1.19 bits per heavy atom. The number of halogens is 1. The van der Waals surface area contributed by atoms with Crippen molar-refractivity contribution in [3.05, 3.63) is 28.0 Å². The van der Waals surface area contributed by atoms with Crippen LogP contribution in [-0.4, -0.2) is 35.9 Å². The van der Waals surface area contributed by atoms with Crippen LogP contribution in [0.2, 0.25) is 0 Å². The second-order valence-electron chi connectivity index (χ2n) is 4.08. The maximum atomic E-state index is 12.0. The number of nitrogens with zero attached hydrogens (tertiary/aromatic N) is 1. The third kappa shape index (κ3) is 4.35. The zero-order valence-corrected chi connectivity index (χ0v) is 13.6. The lowest BCUT2D eigenvalue weighted by molar-refractivity contribution is -0.157. The van der Waals surface area contributed by atoms with Crippen LogP contribution >= 0.6 is 15.9 Å². The summed E-state index contributed by atoms with van der Waals surface area (Å²) in [6.45, 7) is 4.95. The molecule has 0 atom stereocenters. The van der Waals surface area contributed by atoms with Crippen molar-refractivity contribution in [1.82, 2.24) is 4.98 Å². The molecule has 0 radical (unpaired) electrons. The first-order valence-corrected chi connectivity index (χ1v) is 7.21. The molecule has 0 spiro atoms. The third-order valence-electron chi connectivity index (χ3n) is 2.59.